The van der Waals surface area contributed by atoms with Crippen LogP contribution in [0, 0.1) is 0 Å². The molecule has 2 atom stereocenters. The van der Waals surface area contributed by atoms with E-state index in [4.69, 9.17) is 15.6 Å². The summed E-state index contributed by atoms with van der Waals surface area (Å²) >= 11 is 0. The van der Waals surface area contributed by atoms with E-state index in [0.29, 0.717) is 10.9 Å². The highest BCUT2D eigenvalue weighted by atomic mass is 16.6. The van der Waals surface area contributed by atoms with E-state index in [1.54, 1.807) is 65.0 Å². The largest absolute Gasteiger partial charge is 0.466 e. The van der Waals surface area contributed by atoms with Crippen molar-refractivity contribution < 1.29 is 39.6 Å². The maximum absolute atomic E-state index is 13.2. The molecule has 0 saturated carbocycles. The number of rotatable bonds is 13. The fourth-order valence-electron chi connectivity index (χ4n) is 2.97. The van der Waals surface area contributed by atoms with Gasteiger partial charge in [0.05, 0.1) is 13.2 Å². The monoisotopic (exact) mass is 508 g/mol. The molecule has 1 aromatic carbocycles. The van der Waals surface area contributed by atoms with Gasteiger partial charge in [-0.15, -0.1) is 0 Å². The van der Waals surface area contributed by atoms with Crippen LogP contribution in [0.2, 0.25) is 1.41 Å². The van der Waals surface area contributed by atoms with E-state index in [1.165, 1.54) is 0 Å². The Labute approximate surface area is 213 Å². The number of nitrogens with one attached hydrogen (secondary N) is 3. The Hall–Kier alpha value is -3.63. The van der Waals surface area contributed by atoms with E-state index in [-0.39, 0.29) is 32.5 Å². The molecule has 0 radical (unpaired) electrons. The second-order valence-corrected chi connectivity index (χ2v) is 8.74. The van der Waals surface area contributed by atoms with Crippen molar-refractivity contribution in [1.29, 1.82) is 0 Å². The molecule has 0 saturated heterocycles. The number of esters is 2. The molecule has 0 aliphatic heterocycles. The summed E-state index contributed by atoms with van der Waals surface area (Å²) < 4.78 is 23.3. The van der Waals surface area contributed by atoms with Gasteiger partial charge in [-0.1, -0.05) is 30.3 Å². The van der Waals surface area contributed by atoms with Crippen LogP contribution in [0.15, 0.2) is 30.3 Å². The Kier molecular flexibility index (Phi) is 12.2. The highest BCUT2D eigenvalue weighted by Gasteiger charge is 2.28. The third kappa shape index (κ3) is 12.7. The number of alkyl carbamates (subject to hydrolysis) is 1. The van der Waals surface area contributed by atoms with Crippen molar-refractivity contribution >= 4 is 29.8 Å². The number of hydrogen-bond donors (Lipinski definition) is 3. The van der Waals surface area contributed by atoms with Gasteiger partial charge < -0.3 is 30.2 Å². The van der Waals surface area contributed by atoms with Crippen molar-refractivity contribution in [3.05, 3.63) is 35.9 Å². The maximum Gasteiger partial charge on any atom is 0.408 e. The van der Waals surface area contributed by atoms with Crippen LogP contribution in [-0.2, 0) is 39.8 Å². The Morgan fingerprint density at radius 1 is 0.972 bits per heavy atom. The minimum atomic E-state index is -1.35. The lowest BCUT2D eigenvalue weighted by atomic mass is 10.0. The number of carbonyl (C=O) groups excluding carboxylic acids is 5. The third-order valence-electron chi connectivity index (χ3n) is 4.49. The summed E-state index contributed by atoms with van der Waals surface area (Å²) in [6, 6.07) is 6.16. The van der Waals surface area contributed by atoms with Gasteiger partial charge in [0.1, 0.15) is 24.2 Å². The third-order valence-corrected chi connectivity index (χ3v) is 4.49. The summed E-state index contributed by atoms with van der Waals surface area (Å²) in [6.07, 6.45) is -1.13. The summed E-state index contributed by atoms with van der Waals surface area (Å²) in [7, 11) is 0. The SMILES string of the molecule is [2H]N(C(=O)CNC(=O)OC(C)(C)C)[C@@H](Cc1ccccc1)C(=O)N[C@@H](CCC(=O)OCC)C(=O)OCC. The summed E-state index contributed by atoms with van der Waals surface area (Å²) in [6.45, 7) is 7.87. The van der Waals surface area contributed by atoms with Crippen LogP contribution in [0.5, 0.6) is 0 Å². The highest BCUT2D eigenvalue weighted by Crippen LogP contribution is 2.08. The maximum atomic E-state index is 13.2. The molecule has 0 aliphatic carbocycles. The van der Waals surface area contributed by atoms with Crippen molar-refractivity contribution in [2.45, 2.75) is 71.6 Å². The smallest absolute Gasteiger partial charge is 0.408 e. The molecular formula is C25H37N3O8. The van der Waals surface area contributed by atoms with E-state index in [0.717, 1.165) is 0 Å². The van der Waals surface area contributed by atoms with Crippen LogP contribution in [0.4, 0.5) is 4.79 Å². The standard InChI is InChI=1S/C25H37N3O8/c1-6-34-21(30)14-13-18(23(32)35-7-2)28-22(31)19(15-17-11-9-8-10-12-17)27-20(29)16-26-24(33)36-25(3,4)5/h8-12,18-19H,6-7,13-16H2,1-5H3,(H,26,33)(H,27,29)(H,28,31)/t18-,19-/m0/s1/i/hD. The molecule has 1 aromatic rings. The molecule has 0 unspecified atom stereocenters. The zero-order valence-electron chi connectivity index (χ0n) is 22.5. The van der Waals surface area contributed by atoms with E-state index in [2.05, 4.69) is 10.6 Å². The molecule has 1 rings (SSSR count). The van der Waals surface area contributed by atoms with Crippen molar-refractivity contribution in [3.8, 4) is 0 Å². The first kappa shape index (κ1) is 28.6. The van der Waals surface area contributed by atoms with Gasteiger partial charge in [0.2, 0.25) is 11.8 Å². The second kappa shape index (κ2) is 15.4. The molecule has 11 heteroatoms. The van der Waals surface area contributed by atoms with E-state index < -0.39 is 54.1 Å². The molecule has 36 heavy (non-hydrogen) atoms. The van der Waals surface area contributed by atoms with E-state index >= 15 is 0 Å². The van der Waals surface area contributed by atoms with Crippen LogP contribution >= 0.6 is 0 Å². The average Bonchev–Trinajstić information content (AvgIpc) is 2.82. The predicted octanol–water partition coefficient (Wildman–Crippen LogP) is 1.63. The Bertz CT molecular complexity index is 920. The van der Waals surface area contributed by atoms with Crippen LogP contribution in [0.25, 0.3) is 0 Å². The first-order valence-corrected chi connectivity index (χ1v) is 11.8. The van der Waals surface area contributed by atoms with Crippen LogP contribution in [0.3, 0.4) is 0 Å². The Morgan fingerprint density at radius 3 is 2.19 bits per heavy atom. The van der Waals surface area contributed by atoms with Crippen molar-refractivity contribution in [2.24, 2.45) is 0 Å². The van der Waals surface area contributed by atoms with Gasteiger partial charge in [0, 0.05) is 12.8 Å². The molecule has 0 fully saturated rings. The molecular weight excluding hydrogens is 470 g/mol. The van der Waals surface area contributed by atoms with Gasteiger partial charge in [-0.25, -0.2) is 9.59 Å². The van der Waals surface area contributed by atoms with Gasteiger partial charge >= 0.3 is 18.0 Å². The minimum absolute atomic E-state index is 0.0399. The molecule has 0 bridgehead atoms. The van der Waals surface area contributed by atoms with Crippen molar-refractivity contribution in [2.75, 3.05) is 19.8 Å². The van der Waals surface area contributed by atoms with Crippen LogP contribution < -0.4 is 15.9 Å². The Balaban J connectivity index is 3.04. The molecule has 0 aliphatic rings. The number of benzene rings is 1. The minimum Gasteiger partial charge on any atom is -0.466 e. The lowest BCUT2D eigenvalue weighted by Crippen LogP contribution is -2.54. The lowest BCUT2D eigenvalue weighted by Gasteiger charge is -2.23. The molecule has 11 nitrogen and oxygen atoms in total. The first-order chi connectivity index (χ1) is 17.4. The molecule has 3 amide bonds. The summed E-state index contributed by atoms with van der Waals surface area (Å²) in [5.74, 6) is -2.97. The van der Waals surface area contributed by atoms with Gasteiger partial charge in [0.25, 0.3) is 0 Å². The molecule has 0 heterocycles. The van der Waals surface area contributed by atoms with Crippen molar-refractivity contribution in [1.82, 2.24) is 15.9 Å². The fraction of sp³-hybridized carbons (Fsp3) is 0.560. The summed E-state index contributed by atoms with van der Waals surface area (Å²) in [5, 5.41) is 5.22. The van der Waals surface area contributed by atoms with Gasteiger partial charge in [-0.3, -0.25) is 14.4 Å². The number of ether oxygens (including phenoxy) is 3. The van der Waals surface area contributed by atoms with Crippen LogP contribution in [0.1, 0.15) is 53.0 Å². The molecule has 0 spiro atoms. The van der Waals surface area contributed by atoms with Gasteiger partial charge in [0.15, 0.2) is 1.41 Å². The first-order valence-electron chi connectivity index (χ1n) is 12.3. The number of amides is 3. The quantitative estimate of drug-likeness (QED) is 0.269. The second-order valence-electron chi connectivity index (χ2n) is 8.74. The summed E-state index contributed by atoms with van der Waals surface area (Å²) in [5.41, 5.74) is -0.123. The Morgan fingerprint density at radius 2 is 1.61 bits per heavy atom. The fourth-order valence-corrected chi connectivity index (χ4v) is 2.97. The van der Waals surface area contributed by atoms with Crippen molar-refractivity contribution in [3.63, 3.8) is 0 Å². The number of carbonyl (C=O) groups is 5. The zero-order valence-corrected chi connectivity index (χ0v) is 21.5. The molecule has 200 valence electrons. The molecule has 0 aromatic heterocycles. The molecule has 3 N–H and O–H groups in total. The highest BCUT2D eigenvalue weighted by molar-refractivity contribution is 5.92. The van der Waals surface area contributed by atoms with Gasteiger partial charge in [-0.05, 0) is 46.6 Å². The lowest BCUT2D eigenvalue weighted by molar-refractivity contribution is -0.149. The number of hydrogen-bond acceptors (Lipinski definition) is 8. The average molecular weight is 509 g/mol. The van der Waals surface area contributed by atoms with E-state index in [1.807, 2.05) is 0 Å². The predicted molar refractivity (Wildman–Crippen MR) is 131 cm³/mol. The van der Waals surface area contributed by atoms with Gasteiger partial charge in [-0.2, -0.15) is 0 Å². The summed E-state index contributed by atoms with van der Waals surface area (Å²) in [4.78, 5) is 62.1. The zero-order chi connectivity index (χ0) is 28.0. The van der Waals surface area contributed by atoms with Crippen LogP contribution in [-0.4, -0.2) is 67.3 Å². The topological polar surface area (TPSA) is 149 Å². The normalized spacial score (nSPS) is 12.9. The van der Waals surface area contributed by atoms with E-state index in [9.17, 15) is 24.0 Å².